The Morgan fingerprint density at radius 3 is 2.29 bits per heavy atom. The molecule has 0 radical (unpaired) electrons. The zero-order chi connectivity index (χ0) is 23.5. The highest BCUT2D eigenvalue weighted by Crippen LogP contribution is 2.32. The van der Waals surface area contributed by atoms with Crippen LogP contribution in [0.4, 0.5) is 5.13 Å². The van der Waals surface area contributed by atoms with E-state index in [4.69, 9.17) is 0 Å². The van der Waals surface area contributed by atoms with E-state index in [9.17, 15) is 14.4 Å². The lowest BCUT2D eigenvalue weighted by Crippen LogP contribution is -2.48. The lowest BCUT2D eigenvalue weighted by molar-refractivity contribution is -0.131. The molecule has 8 nitrogen and oxygen atoms in total. The molecule has 3 amide bonds. The second-order valence-electron chi connectivity index (χ2n) is 8.35. The van der Waals surface area contributed by atoms with Gasteiger partial charge in [0.1, 0.15) is 0 Å². The van der Waals surface area contributed by atoms with E-state index in [0.717, 1.165) is 40.9 Å². The van der Waals surface area contributed by atoms with E-state index in [-0.39, 0.29) is 17.7 Å². The quantitative estimate of drug-likeness (QED) is 0.349. The molecule has 3 aromatic rings. The van der Waals surface area contributed by atoms with Crippen molar-refractivity contribution < 1.29 is 14.4 Å². The van der Waals surface area contributed by atoms with Crippen LogP contribution in [0.5, 0.6) is 0 Å². The third kappa shape index (κ3) is 4.60. The maximum Gasteiger partial charge on any atom is 0.261 e. The van der Waals surface area contributed by atoms with Crippen LogP contribution in [0.2, 0.25) is 0 Å². The van der Waals surface area contributed by atoms with Gasteiger partial charge in [-0.3, -0.25) is 19.3 Å². The number of rotatable bonds is 8. The van der Waals surface area contributed by atoms with E-state index in [2.05, 4.69) is 15.1 Å². The van der Waals surface area contributed by atoms with E-state index in [1.54, 1.807) is 46.9 Å². The molecular weight excluding hydrogens is 470 g/mol. The summed E-state index contributed by atoms with van der Waals surface area (Å²) in [5.41, 5.74) is 0.969. The molecule has 0 bridgehead atoms. The number of unbranched alkanes of at least 4 members (excludes halogenated alkanes) is 2. The van der Waals surface area contributed by atoms with E-state index < -0.39 is 0 Å². The van der Waals surface area contributed by atoms with Gasteiger partial charge in [0.25, 0.3) is 11.8 Å². The molecule has 0 spiro atoms. The summed E-state index contributed by atoms with van der Waals surface area (Å²) in [6.45, 7) is 3.27. The van der Waals surface area contributed by atoms with Crippen molar-refractivity contribution in [1.82, 2.24) is 20.0 Å². The van der Waals surface area contributed by atoms with Crippen LogP contribution in [0.15, 0.2) is 41.8 Å². The van der Waals surface area contributed by atoms with Gasteiger partial charge in [0.2, 0.25) is 11.0 Å². The van der Waals surface area contributed by atoms with Gasteiger partial charge in [0.15, 0.2) is 5.01 Å². The topological polar surface area (TPSA) is 86.7 Å². The summed E-state index contributed by atoms with van der Waals surface area (Å²) in [5, 5.41) is 12.5. The molecule has 0 aliphatic carbocycles. The molecule has 1 saturated heterocycles. The number of imide groups is 1. The first kappa shape index (κ1) is 22.7. The van der Waals surface area contributed by atoms with Crippen LogP contribution in [0.1, 0.15) is 46.4 Å². The summed E-state index contributed by atoms with van der Waals surface area (Å²) in [6, 6.07) is 11.0. The van der Waals surface area contributed by atoms with Crippen molar-refractivity contribution in [1.29, 1.82) is 0 Å². The molecule has 2 aliphatic heterocycles. The van der Waals surface area contributed by atoms with Crippen molar-refractivity contribution in [2.75, 3.05) is 37.6 Å². The maximum atomic E-state index is 12.6. The minimum atomic E-state index is -0.215. The van der Waals surface area contributed by atoms with Gasteiger partial charge in [-0.25, -0.2) is 0 Å². The van der Waals surface area contributed by atoms with E-state index >= 15 is 0 Å². The SMILES string of the molecule is O=C(CCCCCN1C(=O)c2ccccc2C1=O)N1CCN(c2nnc(-c3cccs3)s2)CC1. The molecule has 0 unspecified atom stereocenters. The summed E-state index contributed by atoms with van der Waals surface area (Å²) in [7, 11) is 0. The monoisotopic (exact) mass is 495 g/mol. The normalized spacial score (nSPS) is 15.8. The standard InChI is InChI=1S/C24H25N5O3S2/c30-20(10-2-1-5-11-29-22(31)17-7-3-4-8-18(17)23(29)32)27-12-14-28(15-13-27)24-26-25-21(34-24)19-9-6-16-33-19/h3-4,6-9,16H,1-2,5,10-15H2. The molecule has 2 aliphatic rings. The molecule has 5 rings (SSSR count). The van der Waals surface area contributed by atoms with Gasteiger partial charge in [-0.1, -0.05) is 36.0 Å². The Morgan fingerprint density at radius 2 is 1.62 bits per heavy atom. The van der Waals surface area contributed by atoms with E-state index in [0.29, 0.717) is 43.6 Å². The Morgan fingerprint density at radius 1 is 0.882 bits per heavy atom. The van der Waals surface area contributed by atoms with E-state index in [1.165, 1.54) is 4.90 Å². The highest BCUT2D eigenvalue weighted by molar-refractivity contribution is 7.22. The summed E-state index contributed by atoms with van der Waals surface area (Å²) in [6.07, 6.45) is 2.75. The van der Waals surface area contributed by atoms with Crippen molar-refractivity contribution in [3.05, 3.63) is 52.9 Å². The average Bonchev–Trinajstić information content (AvgIpc) is 3.61. The minimum Gasteiger partial charge on any atom is -0.343 e. The largest absolute Gasteiger partial charge is 0.343 e. The lowest BCUT2D eigenvalue weighted by atomic mass is 10.1. The number of carbonyl (C=O) groups is 3. The van der Waals surface area contributed by atoms with Crippen molar-refractivity contribution >= 4 is 45.5 Å². The first-order valence-corrected chi connectivity index (χ1v) is 13.2. The third-order valence-electron chi connectivity index (χ3n) is 6.20. The van der Waals surface area contributed by atoms with Crippen molar-refractivity contribution in [2.45, 2.75) is 25.7 Å². The number of carbonyl (C=O) groups excluding carboxylic acids is 3. The molecule has 176 valence electrons. The Balaban J connectivity index is 1.02. The van der Waals surface area contributed by atoms with Gasteiger partial charge in [-0.05, 0) is 36.4 Å². The molecule has 34 heavy (non-hydrogen) atoms. The summed E-state index contributed by atoms with van der Waals surface area (Å²) >= 11 is 3.25. The fourth-order valence-electron chi connectivity index (χ4n) is 4.31. The average molecular weight is 496 g/mol. The summed E-state index contributed by atoms with van der Waals surface area (Å²) < 4.78 is 0. The first-order chi connectivity index (χ1) is 16.6. The number of hydrogen-bond donors (Lipinski definition) is 0. The Labute approximate surface area is 205 Å². The first-order valence-electron chi connectivity index (χ1n) is 11.5. The van der Waals surface area contributed by atoms with Crippen LogP contribution in [0, 0.1) is 0 Å². The fraction of sp³-hybridized carbons (Fsp3) is 0.375. The zero-order valence-corrected chi connectivity index (χ0v) is 20.3. The highest BCUT2D eigenvalue weighted by atomic mass is 32.1. The summed E-state index contributed by atoms with van der Waals surface area (Å²) in [5.74, 6) is -0.267. The lowest BCUT2D eigenvalue weighted by Gasteiger charge is -2.34. The van der Waals surface area contributed by atoms with Crippen LogP contribution < -0.4 is 4.90 Å². The number of anilines is 1. The van der Waals surface area contributed by atoms with Crippen LogP contribution in [0.25, 0.3) is 9.88 Å². The number of fused-ring (bicyclic) bond motifs is 1. The van der Waals surface area contributed by atoms with Gasteiger partial charge in [-0.2, -0.15) is 0 Å². The smallest absolute Gasteiger partial charge is 0.261 e. The van der Waals surface area contributed by atoms with E-state index in [1.807, 2.05) is 22.4 Å². The molecule has 0 N–H and O–H groups in total. The predicted molar refractivity (Wildman–Crippen MR) is 132 cm³/mol. The minimum absolute atomic E-state index is 0.164. The number of nitrogens with zero attached hydrogens (tertiary/aromatic N) is 5. The molecule has 0 atom stereocenters. The second kappa shape index (κ2) is 10.0. The highest BCUT2D eigenvalue weighted by Gasteiger charge is 2.34. The Bertz CT molecular complexity index is 1150. The van der Waals surface area contributed by atoms with Gasteiger partial charge >= 0.3 is 0 Å². The van der Waals surface area contributed by atoms with Crippen LogP contribution >= 0.6 is 22.7 Å². The molecule has 0 saturated carbocycles. The van der Waals surface area contributed by atoms with Gasteiger partial charge < -0.3 is 9.80 Å². The summed E-state index contributed by atoms with van der Waals surface area (Å²) in [4.78, 5) is 44.0. The molecule has 1 fully saturated rings. The Kier molecular flexibility index (Phi) is 6.68. The molecular formula is C24H25N5O3S2. The van der Waals surface area contributed by atoms with Crippen molar-refractivity contribution in [3.8, 4) is 9.88 Å². The number of aromatic nitrogens is 2. The van der Waals surface area contributed by atoms with Gasteiger partial charge in [-0.15, -0.1) is 21.5 Å². The number of piperazine rings is 1. The maximum absolute atomic E-state index is 12.6. The third-order valence-corrected chi connectivity index (χ3v) is 8.22. The van der Waals surface area contributed by atoms with Gasteiger partial charge in [0, 0.05) is 39.1 Å². The predicted octanol–water partition coefficient (Wildman–Crippen LogP) is 3.77. The number of thiophene rings is 1. The molecule has 2 aromatic heterocycles. The van der Waals surface area contributed by atoms with Gasteiger partial charge in [0.05, 0.1) is 16.0 Å². The van der Waals surface area contributed by atoms with Crippen LogP contribution in [-0.2, 0) is 4.79 Å². The molecule has 1 aromatic carbocycles. The number of benzene rings is 1. The van der Waals surface area contributed by atoms with Crippen molar-refractivity contribution in [2.24, 2.45) is 0 Å². The number of amides is 3. The molecule has 10 heteroatoms. The zero-order valence-electron chi connectivity index (χ0n) is 18.7. The fourth-order valence-corrected chi connectivity index (χ4v) is 6.00. The molecule has 4 heterocycles. The van der Waals surface area contributed by atoms with Crippen LogP contribution in [0.3, 0.4) is 0 Å². The Hall–Kier alpha value is -3.11. The van der Waals surface area contributed by atoms with Crippen molar-refractivity contribution in [3.63, 3.8) is 0 Å². The second-order valence-corrected chi connectivity index (χ2v) is 10.3. The van der Waals surface area contributed by atoms with Crippen LogP contribution in [-0.4, -0.2) is 70.4 Å². The number of hydrogen-bond acceptors (Lipinski definition) is 8.